The van der Waals surface area contributed by atoms with Gasteiger partial charge in [0.1, 0.15) is 11.9 Å². The molecule has 200 valence electrons. The summed E-state index contributed by atoms with van der Waals surface area (Å²) in [7, 11) is 0. The van der Waals surface area contributed by atoms with Gasteiger partial charge in [-0.15, -0.1) is 0 Å². The van der Waals surface area contributed by atoms with Gasteiger partial charge >= 0.3 is 0 Å². The lowest BCUT2D eigenvalue weighted by Gasteiger charge is -2.41. The number of hydrogen-bond donors (Lipinski definition) is 0. The van der Waals surface area contributed by atoms with E-state index in [0.717, 1.165) is 63.4 Å². The Morgan fingerprint density at radius 2 is 1.49 bits per heavy atom. The number of hydrogen-bond acceptors (Lipinski definition) is 4. The minimum absolute atomic E-state index is 0.0726. The minimum atomic E-state index is 0.0726. The normalized spacial score (nSPS) is 23.4. The highest BCUT2D eigenvalue weighted by molar-refractivity contribution is 5.82. The molecule has 2 aromatic rings. The summed E-state index contributed by atoms with van der Waals surface area (Å²) in [5, 5.41) is 1.24. The molecule has 7 heteroatoms. The Balaban J connectivity index is 1.01. The fourth-order valence-electron chi connectivity index (χ4n) is 6.90. The van der Waals surface area contributed by atoms with E-state index < -0.39 is 0 Å². The average Bonchev–Trinajstić information content (AvgIpc) is 3.32. The van der Waals surface area contributed by atoms with Gasteiger partial charge in [-0.05, 0) is 75.6 Å². The number of likely N-dealkylation sites (tertiary alicyclic amines) is 3. The highest BCUT2D eigenvalue weighted by Gasteiger charge is 2.32. The molecule has 3 aliphatic heterocycles. The van der Waals surface area contributed by atoms with Crippen LogP contribution >= 0.6 is 0 Å². The standard InChI is InChI=1S/C30H42N4O3/c1-22(35)31-14-7-23(8-15-31)30(36)33-16-10-26(11-17-33)34-20-9-24-21-28(5-6-29(24)34)37-27-12-18-32(19-13-27)25-3-2-4-25/h5-6,9,20-21,23,25-27H,2-4,7-8,10-19H2,1H3. The van der Waals surface area contributed by atoms with Crippen molar-refractivity contribution in [3.63, 3.8) is 0 Å². The van der Waals surface area contributed by atoms with Crippen molar-refractivity contribution in [2.45, 2.75) is 82.9 Å². The predicted molar refractivity (Wildman–Crippen MR) is 145 cm³/mol. The fourth-order valence-corrected chi connectivity index (χ4v) is 6.90. The fraction of sp³-hybridized carbons (Fsp3) is 0.667. The van der Waals surface area contributed by atoms with E-state index >= 15 is 0 Å². The number of amides is 2. The first-order valence-electron chi connectivity index (χ1n) is 14.6. The molecule has 4 heterocycles. The molecule has 4 aliphatic rings. The second-order valence-electron chi connectivity index (χ2n) is 11.7. The van der Waals surface area contributed by atoms with Gasteiger partial charge in [0.05, 0.1) is 0 Å². The molecule has 0 bridgehead atoms. The lowest BCUT2D eigenvalue weighted by molar-refractivity contribution is -0.141. The molecule has 2 amide bonds. The maximum absolute atomic E-state index is 13.1. The zero-order valence-corrected chi connectivity index (χ0v) is 22.3. The molecule has 0 atom stereocenters. The first-order chi connectivity index (χ1) is 18.0. The molecular weight excluding hydrogens is 464 g/mol. The van der Waals surface area contributed by atoms with Crippen LogP contribution in [0.4, 0.5) is 0 Å². The van der Waals surface area contributed by atoms with Crippen LogP contribution in [0.3, 0.4) is 0 Å². The number of benzene rings is 1. The Hall–Kier alpha value is -2.54. The van der Waals surface area contributed by atoms with Gasteiger partial charge in [0.25, 0.3) is 0 Å². The highest BCUT2D eigenvalue weighted by atomic mass is 16.5. The molecule has 1 saturated carbocycles. The first kappa shape index (κ1) is 24.8. The second-order valence-corrected chi connectivity index (χ2v) is 11.7. The molecule has 37 heavy (non-hydrogen) atoms. The highest BCUT2D eigenvalue weighted by Crippen LogP contribution is 2.33. The molecule has 0 spiro atoms. The zero-order chi connectivity index (χ0) is 25.4. The molecule has 0 radical (unpaired) electrons. The number of fused-ring (bicyclic) bond motifs is 1. The van der Waals surface area contributed by atoms with Gasteiger partial charge in [-0.25, -0.2) is 0 Å². The van der Waals surface area contributed by atoms with E-state index in [4.69, 9.17) is 4.74 Å². The summed E-state index contributed by atoms with van der Waals surface area (Å²) in [6.07, 6.45) is 12.5. The molecule has 0 N–H and O–H groups in total. The number of ether oxygens (including phenoxy) is 1. The third-order valence-electron chi connectivity index (χ3n) is 9.52. The SMILES string of the molecule is CC(=O)N1CCC(C(=O)N2CCC(n3ccc4cc(OC5CCN(C6CCC6)CC5)ccc43)CC2)CC1. The van der Waals surface area contributed by atoms with E-state index in [-0.39, 0.29) is 11.8 Å². The van der Waals surface area contributed by atoms with E-state index in [1.54, 1.807) is 6.92 Å². The number of carbonyl (C=O) groups excluding carboxylic acids is 2. The van der Waals surface area contributed by atoms with Crippen molar-refractivity contribution in [1.82, 2.24) is 19.3 Å². The van der Waals surface area contributed by atoms with Crippen LogP contribution in [0, 0.1) is 5.92 Å². The quantitative estimate of drug-likeness (QED) is 0.601. The molecule has 1 aromatic heterocycles. The van der Waals surface area contributed by atoms with Gasteiger partial charge in [0.15, 0.2) is 0 Å². The Morgan fingerprint density at radius 1 is 0.784 bits per heavy atom. The predicted octanol–water partition coefficient (Wildman–Crippen LogP) is 4.46. The number of rotatable bonds is 5. The summed E-state index contributed by atoms with van der Waals surface area (Å²) in [6, 6.07) is 10.0. The van der Waals surface area contributed by atoms with Crippen LogP contribution in [0.25, 0.3) is 10.9 Å². The van der Waals surface area contributed by atoms with Crippen LogP contribution in [0.5, 0.6) is 5.75 Å². The molecule has 3 saturated heterocycles. The van der Waals surface area contributed by atoms with Crippen LogP contribution < -0.4 is 4.74 Å². The van der Waals surface area contributed by atoms with E-state index in [9.17, 15) is 9.59 Å². The van der Waals surface area contributed by atoms with Crippen LogP contribution in [0.15, 0.2) is 30.5 Å². The van der Waals surface area contributed by atoms with Crippen molar-refractivity contribution in [3.05, 3.63) is 30.5 Å². The number of carbonyl (C=O) groups is 2. The maximum atomic E-state index is 13.1. The topological polar surface area (TPSA) is 58.0 Å². The third kappa shape index (κ3) is 5.25. The van der Waals surface area contributed by atoms with Crippen molar-refractivity contribution >= 4 is 22.7 Å². The van der Waals surface area contributed by atoms with Crippen LogP contribution in [-0.4, -0.2) is 82.5 Å². The van der Waals surface area contributed by atoms with Gasteiger partial charge in [0, 0.05) is 81.3 Å². The van der Waals surface area contributed by atoms with Crippen molar-refractivity contribution in [2.75, 3.05) is 39.3 Å². The molecule has 1 aromatic carbocycles. The smallest absolute Gasteiger partial charge is 0.225 e. The summed E-state index contributed by atoms with van der Waals surface area (Å²) in [5.41, 5.74) is 1.26. The van der Waals surface area contributed by atoms with E-state index in [1.807, 2.05) is 4.90 Å². The van der Waals surface area contributed by atoms with Crippen molar-refractivity contribution in [1.29, 1.82) is 0 Å². The van der Waals surface area contributed by atoms with Crippen LogP contribution in [-0.2, 0) is 9.59 Å². The molecule has 1 aliphatic carbocycles. The largest absolute Gasteiger partial charge is 0.490 e. The summed E-state index contributed by atoms with van der Waals surface area (Å²) >= 11 is 0. The molecular formula is C30H42N4O3. The second kappa shape index (κ2) is 10.7. The summed E-state index contributed by atoms with van der Waals surface area (Å²) in [6.45, 7) is 7.02. The van der Waals surface area contributed by atoms with E-state index in [2.05, 4.69) is 44.8 Å². The number of nitrogens with zero attached hydrogens (tertiary/aromatic N) is 4. The van der Waals surface area contributed by atoms with Crippen molar-refractivity contribution < 1.29 is 14.3 Å². The van der Waals surface area contributed by atoms with Gasteiger partial charge in [-0.2, -0.15) is 0 Å². The first-order valence-corrected chi connectivity index (χ1v) is 14.6. The molecule has 7 nitrogen and oxygen atoms in total. The summed E-state index contributed by atoms with van der Waals surface area (Å²) < 4.78 is 8.82. The van der Waals surface area contributed by atoms with Gasteiger partial charge < -0.3 is 24.0 Å². The zero-order valence-electron chi connectivity index (χ0n) is 22.3. The average molecular weight is 507 g/mol. The van der Waals surface area contributed by atoms with E-state index in [0.29, 0.717) is 31.1 Å². The Morgan fingerprint density at radius 3 is 2.14 bits per heavy atom. The van der Waals surface area contributed by atoms with Crippen LogP contribution in [0.1, 0.15) is 70.8 Å². The third-order valence-corrected chi connectivity index (χ3v) is 9.52. The Bertz CT molecular complexity index is 1100. The van der Waals surface area contributed by atoms with Crippen molar-refractivity contribution in [2.24, 2.45) is 5.92 Å². The molecule has 6 rings (SSSR count). The number of aromatic nitrogens is 1. The van der Waals surface area contributed by atoms with Crippen molar-refractivity contribution in [3.8, 4) is 5.75 Å². The van der Waals surface area contributed by atoms with Gasteiger partial charge in [-0.3, -0.25) is 9.59 Å². The van der Waals surface area contributed by atoms with Gasteiger partial charge in [-0.1, -0.05) is 6.42 Å². The lowest BCUT2D eigenvalue weighted by Crippen LogP contribution is -2.46. The Labute approximate surface area is 220 Å². The minimum Gasteiger partial charge on any atom is -0.490 e. The summed E-state index contributed by atoms with van der Waals surface area (Å²) in [5.74, 6) is 1.47. The van der Waals surface area contributed by atoms with Crippen LogP contribution in [0.2, 0.25) is 0 Å². The maximum Gasteiger partial charge on any atom is 0.225 e. The number of piperidine rings is 3. The summed E-state index contributed by atoms with van der Waals surface area (Å²) in [4.78, 5) is 31.3. The molecule has 4 fully saturated rings. The lowest BCUT2D eigenvalue weighted by atomic mass is 9.90. The van der Waals surface area contributed by atoms with Gasteiger partial charge in [0.2, 0.25) is 11.8 Å². The molecule has 0 unspecified atom stereocenters. The van der Waals surface area contributed by atoms with E-state index in [1.165, 1.54) is 43.3 Å². The Kier molecular flexibility index (Phi) is 7.15. The monoisotopic (exact) mass is 506 g/mol.